The summed E-state index contributed by atoms with van der Waals surface area (Å²) in [7, 11) is 0. The molecular formula is C10H10BrFN2O2. The minimum atomic E-state index is -0.622. The highest BCUT2D eigenvalue weighted by Gasteiger charge is 2.23. The first-order valence-electron chi connectivity index (χ1n) is 4.95. The van der Waals surface area contributed by atoms with Gasteiger partial charge in [-0.05, 0) is 40.8 Å². The lowest BCUT2D eigenvalue weighted by Crippen LogP contribution is -2.06. The Hall–Kier alpha value is -1.17. The Kier molecular flexibility index (Phi) is 3.09. The second-order valence-electron chi connectivity index (χ2n) is 3.86. The van der Waals surface area contributed by atoms with E-state index in [9.17, 15) is 14.5 Å². The molecule has 0 saturated heterocycles. The van der Waals surface area contributed by atoms with Gasteiger partial charge in [0.2, 0.25) is 0 Å². The van der Waals surface area contributed by atoms with Gasteiger partial charge in [-0.15, -0.1) is 0 Å². The largest absolute Gasteiger partial charge is 0.379 e. The third kappa shape index (κ3) is 2.49. The summed E-state index contributed by atoms with van der Waals surface area (Å²) in [5.41, 5.74) is 0.145. The van der Waals surface area contributed by atoms with Gasteiger partial charge in [-0.3, -0.25) is 10.1 Å². The molecule has 0 bridgehead atoms. The highest BCUT2D eigenvalue weighted by Crippen LogP contribution is 2.33. The van der Waals surface area contributed by atoms with Crippen molar-refractivity contribution >= 4 is 27.3 Å². The van der Waals surface area contributed by atoms with Gasteiger partial charge in [0.15, 0.2) is 0 Å². The number of rotatable bonds is 4. The smallest absolute Gasteiger partial charge is 0.295 e. The number of anilines is 1. The molecule has 86 valence electrons. The highest BCUT2D eigenvalue weighted by molar-refractivity contribution is 9.10. The molecule has 1 aliphatic rings. The van der Waals surface area contributed by atoms with Crippen molar-refractivity contribution in [3.05, 3.63) is 32.5 Å². The number of nitro groups is 1. The fraction of sp³-hybridized carbons (Fsp3) is 0.400. The number of nitrogens with zero attached hydrogens (tertiary/aromatic N) is 1. The van der Waals surface area contributed by atoms with Gasteiger partial charge in [-0.25, -0.2) is 4.39 Å². The van der Waals surface area contributed by atoms with Crippen molar-refractivity contribution in [3.8, 4) is 0 Å². The number of halogens is 2. The van der Waals surface area contributed by atoms with Crippen LogP contribution < -0.4 is 5.32 Å². The summed E-state index contributed by atoms with van der Waals surface area (Å²) in [6.45, 7) is 0.707. The number of benzene rings is 1. The van der Waals surface area contributed by atoms with Gasteiger partial charge in [0.1, 0.15) is 11.5 Å². The van der Waals surface area contributed by atoms with Crippen LogP contribution in [0.25, 0.3) is 0 Å². The summed E-state index contributed by atoms with van der Waals surface area (Å²) in [6, 6.07) is 2.34. The van der Waals surface area contributed by atoms with E-state index in [0.29, 0.717) is 18.2 Å². The van der Waals surface area contributed by atoms with Crippen molar-refractivity contribution in [1.29, 1.82) is 0 Å². The van der Waals surface area contributed by atoms with Crippen molar-refractivity contribution in [2.45, 2.75) is 12.8 Å². The molecule has 0 spiro atoms. The molecule has 0 radical (unpaired) electrons. The molecule has 4 nitrogen and oxygen atoms in total. The van der Waals surface area contributed by atoms with Gasteiger partial charge in [0.05, 0.1) is 15.5 Å². The lowest BCUT2D eigenvalue weighted by atomic mass is 10.2. The van der Waals surface area contributed by atoms with E-state index in [-0.39, 0.29) is 10.2 Å². The molecule has 0 heterocycles. The molecule has 1 aromatic rings. The molecule has 1 aliphatic carbocycles. The topological polar surface area (TPSA) is 55.2 Å². The molecule has 1 saturated carbocycles. The van der Waals surface area contributed by atoms with E-state index in [4.69, 9.17) is 0 Å². The molecule has 0 aliphatic heterocycles. The fourth-order valence-electron chi connectivity index (χ4n) is 1.41. The van der Waals surface area contributed by atoms with Crippen molar-refractivity contribution in [3.63, 3.8) is 0 Å². The number of nitrogens with one attached hydrogen (secondary N) is 1. The average Bonchev–Trinajstić information content (AvgIpc) is 3.02. The second kappa shape index (κ2) is 4.37. The molecule has 1 N–H and O–H groups in total. The van der Waals surface area contributed by atoms with Crippen LogP contribution in [-0.2, 0) is 0 Å². The maximum Gasteiger partial charge on any atom is 0.295 e. The Morgan fingerprint density at radius 2 is 2.25 bits per heavy atom. The number of hydrogen-bond acceptors (Lipinski definition) is 3. The lowest BCUT2D eigenvalue weighted by Gasteiger charge is -2.07. The third-order valence-corrected chi connectivity index (χ3v) is 3.12. The summed E-state index contributed by atoms with van der Waals surface area (Å²) in [5, 5.41) is 13.7. The Bertz CT molecular complexity index is 435. The predicted octanol–water partition coefficient (Wildman–Crippen LogP) is 3.32. The molecule has 0 atom stereocenters. The zero-order valence-corrected chi connectivity index (χ0v) is 9.96. The maximum absolute atomic E-state index is 13.2. The van der Waals surface area contributed by atoms with Crippen LogP contribution in [0.15, 0.2) is 16.6 Å². The van der Waals surface area contributed by atoms with Crippen LogP contribution in [0.1, 0.15) is 12.8 Å². The number of hydrogen-bond donors (Lipinski definition) is 1. The Morgan fingerprint density at radius 1 is 1.56 bits per heavy atom. The van der Waals surface area contributed by atoms with Crippen LogP contribution >= 0.6 is 15.9 Å². The molecule has 0 unspecified atom stereocenters. The van der Waals surface area contributed by atoms with E-state index in [1.807, 2.05) is 0 Å². The summed E-state index contributed by atoms with van der Waals surface area (Å²) < 4.78 is 13.4. The van der Waals surface area contributed by atoms with Crippen LogP contribution in [0.4, 0.5) is 15.8 Å². The quantitative estimate of drug-likeness (QED) is 0.683. The zero-order valence-electron chi connectivity index (χ0n) is 8.37. The predicted molar refractivity (Wildman–Crippen MR) is 62.0 cm³/mol. The fourth-order valence-corrected chi connectivity index (χ4v) is 1.75. The van der Waals surface area contributed by atoms with Crippen molar-refractivity contribution in [1.82, 2.24) is 0 Å². The van der Waals surface area contributed by atoms with Crippen LogP contribution in [0.5, 0.6) is 0 Å². The summed E-state index contributed by atoms with van der Waals surface area (Å²) >= 11 is 3.01. The first-order valence-corrected chi connectivity index (χ1v) is 5.74. The first-order chi connectivity index (χ1) is 7.58. The van der Waals surface area contributed by atoms with Gasteiger partial charge in [0.25, 0.3) is 5.69 Å². The molecule has 1 aromatic carbocycles. The van der Waals surface area contributed by atoms with E-state index in [1.54, 1.807) is 0 Å². The van der Waals surface area contributed by atoms with Gasteiger partial charge in [-0.1, -0.05) is 0 Å². The van der Waals surface area contributed by atoms with E-state index in [2.05, 4.69) is 21.2 Å². The van der Waals surface area contributed by atoms with Crippen LogP contribution in [0, 0.1) is 21.8 Å². The Balaban J connectivity index is 2.24. The van der Waals surface area contributed by atoms with Crippen LogP contribution in [0.3, 0.4) is 0 Å². The van der Waals surface area contributed by atoms with Crippen molar-refractivity contribution < 1.29 is 9.31 Å². The Morgan fingerprint density at radius 3 is 2.81 bits per heavy atom. The molecular weight excluding hydrogens is 279 g/mol. The van der Waals surface area contributed by atoms with Crippen LogP contribution in [0.2, 0.25) is 0 Å². The summed E-state index contributed by atoms with van der Waals surface area (Å²) in [6.07, 6.45) is 2.31. The van der Waals surface area contributed by atoms with E-state index in [1.165, 1.54) is 6.07 Å². The van der Waals surface area contributed by atoms with E-state index in [0.717, 1.165) is 18.9 Å². The molecule has 2 rings (SSSR count). The van der Waals surface area contributed by atoms with E-state index >= 15 is 0 Å². The van der Waals surface area contributed by atoms with Crippen molar-refractivity contribution in [2.75, 3.05) is 11.9 Å². The average molecular weight is 289 g/mol. The molecule has 16 heavy (non-hydrogen) atoms. The van der Waals surface area contributed by atoms with Crippen LogP contribution in [-0.4, -0.2) is 11.5 Å². The normalized spacial score (nSPS) is 14.9. The lowest BCUT2D eigenvalue weighted by molar-refractivity contribution is -0.384. The number of nitro benzene ring substituents is 1. The maximum atomic E-state index is 13.2. The zero-order chi connectivity index (χ0) is 11.7. The highest BCUT2D eigenvalue weighted by atomic mass is 79.9. The van der Waals surface area contributed by atoms with E-state index < -0.39 is 10.7 Å². The standard InChI is InChI=1S/C10H10BrFN2O2/c11-7-3-9(13-5-6-1-2-6)10(14(15)16)4-8(7)12/h3-4,6,13H,1-2,5H2. The summed E-state index contributed by atoms with van der Waals surface area (Å²) in [4.78, 5) is 10.2. The third-order valence-electron chi connectivity index (χ3n) is 2.51. The van der Waals surface area contributed by atoms with Gasteiger partial charge in [0, 0.05) is 6.54 Å². The second-order valence-corrected chi connectivity index (χ2v) is 4.72. The first kappa shape index (κ1) is 11.3. The monoisotopic (exact) mass is 288 g/mol. The minimum absolute atomic E-state index is 0.221. The van der Waals surface area contributed by atoms with Gasteiger partial charge in [-0.2, -0.15) is 0 Å². The molecule has 1 fully saturated rings. The SMILES string of the molecule is O=[N+]([O-])c1cc(F)c(Br)cc1NCC1CC1. The minimum Gasteiger partial charge on any atom is -0.379 e. The Labute approximate surface area is 100 Å². The van der Waals surface area contributed by atoms with Gasteiger partial charge < -0.3 is 5.32 Å². The molecule has 0 amide bonds. The van der Waals surface area contributed by atoms with Gasteiger partial charge >= 0.3 is 0 Å². The summed E-state index contributed by atoms with van der Waals surface area (Å²) in [5.74, 6) is -0.0212. The van der Waals surface area contributed by atoms with Crippen molar-refractivity contribution in [2.24, 2.45) is 5.92 Å². The molecule has 6 heteroatoms. The molecule has 0 aromatic heterocycles.